The van der Waals surface area contributed by atoms with E-state index >= 15 is 0 Å². The van der Waals surface area contributed by atoms with Crippen molar-refractivity contribution in [1.29, 1.82) is 0 Å². The molecular formula is C13H10ClN3S. The summed E-state index contributed by atoms with van der Waals surface area (Å²) in [7, 11) is 0. The van der Waals surface area contributed by atoms with Crippen molar-refractivity contribution in [2.45, 2.75) is 6.92 Å². The molecule has 0 saturated carbocycles. The monoisotopic (exact) mass is 275 g/mol. The van der Waals surface area contributed by atoms with Crippen LogP contribution in [0.2, 0.25) is 5.02 Å². The zero-order valence-corrected chi connectivity index (χ0v) is 11.2. The molecule has 3 rings (SSSR count). The van der Waals surface area contributed by atoms with Crippen LogP contribution in [0.3, 0.4) is 0 Å². The lowest BCUT2D eigenvalue weighted by Gasteiger charge is -2.06. The van der Waals surface area contributed by atoms with Gasteiger partial charge in [0.2, 0.25) is 0 Å². The lowest BCUT2D eigenvalue weighted by Crippen LogP contribution is -1.97. The van der Waals surface area contributed by atoms with E-state index in [4.69, 9.17) is 23.8 Å². The van der Waals surface area contributed by atoms with Gasteiger partial charge in [-0.1, -0.05) is 29.8 Å². The number of nitrogens with zero attached hydrogens (tertiary/aromatic N) is 2. The smallest absolute Gasteiger partial charge is 0.184 e. The number of para-hydroxylation sites is 1. The molecule has 0 aliphatic carbocycles. The van der Waals surface area contributed by atoms with Gasteiger partial charge >= 0.3 is 0 Å². The SMILES string of the molecule is Cc1ccccc1-n1c(=S)[nH]c2cc(Cl)cnc21. The number of imidazole rings is 1. The molecule has 1 aromatic carbocycles. The van der Waals surface area contributed by atoms with E-state index in [1.807, 2.05) is 41.8 Å². The summed E-state index contributed by atoms with van der Waals surface area (Å²) in [4.78, 5) is 7.48. The van der Waals surface area contributed by atoms with Crippen molar-refractivity contribution in [3.63, 3.8) is 0 Å². The van der Waals surface area contributed by atoms with Crippen LogP contribution in [-0.2, 0) is 0 Å². The highest BCUT2D eigenvalue weighted by Gasteiger charge is 2.09. The summed E-state index contributed by atoms with van der Waals surface area (Å²) >= 11 is 11.3. The van der Waals surface area contributed by atoms with Crippen LogP contribution in [0.4, 0.5) is 0 Å². The van der Waals surface area contributed by atoms with E-state index < -0.39 is 0 Å². The number of nitrogens with one attached hydrogen (secondary N) is 1. The van der Waals surface area contributed by atoms with Gasteiger partial charge in [0.15, 0.2) is 10.4 Å². The fourth-order valence-electron chi connectivity index (χ4n) is 2.01. The Morgan fingerprint density at radius 1 is 1.33 bits per heavy atom. The van der Waals surface area contributed by atoms with Gasteiger partial charge in [-0.15, -0.1) is 0 Å². The van der Waals surface area contributed by atoms with Crippen molar-refractivity contribution in [3.05, 3.63) is 51.9 Å². The molecule has 0 atom stereocenters. The second-order valence-corrected chi connectivity index (χ2v) is 4.90. The lowest BCUT2D eigenvalue weighted by molar-refractivity contribution is 1.03. The molecule has 3 aromatic rings. The predicted octanol–water partition coefficient (Wildman–Crippen LogP) is 4.04. The first-order valence-corrected chi connectivity index (χ1v) is 6.28. The van der Waals surface area contributed by atoms with Crippen LogP contribution in [0.25, 0.3) is 16.9 Å². The maximum absolute atomic E-state index is 5.93. The first kappa shape index (κ1) is 11.4. The molecule has 3 nitrogen and oxygen atoms in total. The van der Waals surface area contributed by atoms with Crippen LogP contribution in [0, 0.1) is 11.7 Å². The van der Waals surface area contributed by atoms with Gasteiger partial charge in [0.25, 0.3) is 0 Å². The number of benzene rings is 1. The van der Waals surface area contributed by atoms with Gasteiger partial charge in [0.1, 0.15) is 0 Å². The highest BCUT2D eigenvalue weighted by Crippen LogP contribution is 2.22. The number of fused-ring (bicyclic) bond motifs is 1. The van der Waals surface area contributed by atoms with Crippen LogP contribution in [0.1, 0.15) is 5.56 Å². The second kappa shape index (κ2) is 4.23. The van der Waals surface area contributed by atoms with E-state index in [1.54, 1.807) is 6.20 Å². The minimum absolute atomic E-state index is 0.593. The Hall–Kier alpha value is -1.65. The molecule has 18 heavy (non-hydrogen) atoms. The standard InChI is InChI=1S/C13H10ClN3S/c1-8-4-2-3-5-11(8)17-12-10(16-13(17)18)6-9(14)7-15-12/h2-7H,1H3,(H,16,18). The van der Waals surface area contributed by atoms with E-state index in [0.717, 1.165) is 22.4 Å². The predicted molar refractivity (Wildman–Crippen MR) is 76.0 cm³/mol. The van der Waals surface area contributed by atoms with Crippen LogP contribution < -0.4 is 0 Å². The summed E-state index contributed by atoms with van der Waals surface area (Å²) in [5.74, 6) is 0. The highest BCUT2D eigenvalue weighted by molar-refractivity contribution is 7.71. The van der Waals surface area contributed by atoms with E-state index in [-0.39, 0.29) is 0 Å². The van der Waals surface area contributed by atoms with Crippen molar-refractivity contribution in [2.75, 3.05) is 0 Å². The van der Waals surface area contributed by atoms with Crippen LogP contribution in [-0.4, -0.2) is 14.5 Å². The molecule has 0 aliphatic rings. The Kier molecular flexibility index (Phi) is 2.69. The maximum atomic E-state index is 5.93. The minimum atomic E-state index is 0.593. The minimum Gasteiger partial charge on any atom is -0.329 e. The number of aromatic amines is 1. The Morgan fingerprint density at radius 2 is 2.11 bits per heavy atom. The Balaban J connectivity index is 2.40. The van der Waals surface area contributed by atoms with Crippen molar-refractivity contribution in [2.24, 2.45) is 0 Å². The number of pyridine rings is 1. The van der Waals surface area contributed by atoms with Crippen LogP contribution in [0.5, 0.6) is 0 Å². The van der Waals surface area contributed by atoms with E-state index in [2.05, 4.69) is 9.97 Å². The number of aryl methyl sites for hydroxylation is 1. The molecule has 0 fully saturated rings. The Labute approximate surface area is 114 Å². The van der Waals surface area contributed by atoms with Gasteiger partial charge < -0.3 is 4.98 Å². The first-order chi connectivity index (χ1) is 8.66. The molecule has 2 heterocycles. The molecule has 0 amide bonds. The van der Waals surface area contributed by atoms with Crippen molar-refractivity contribution >= 4 is 35.0 Å². The average Bonchev–Trinajstić information content (AvgIpc) is 2.65. The number of hydrogen-bond acceptors (Lipinski definition) is 2. The number of rotatable bonds is 1. The number of aromatic nitrogens is 3. The summed E-state index contributed by atoms with van der Waals surface area (Å²) in [5.41, 5.74) is 3.81. The quantitative estimate of drug-likeness (QED) is 0.680. The van der Waals surface area contributed by atoms with Gasteiger partial charge in [-0.2, -0.15) is 0 Å². The van der Waals surface area contributed by atoms with Crippen LogP contribution in [0.15, 0.2) is 36.5 Å². The molecule has 0 saturated heterocycles. The number of hydrogen-bond donors (Lipinski definition) is 1. The van der Waals surface area contributed by atoms with E-state index in [0.29, 0.717) is 9.79 Å². The Morgan fingerprint density at radius 3 is 2.89 bits per heavy atom. The molecule has 0 aliphatic heterocycles. The van der Waals surface area contributed by atoms with Gasteiger partial charge in [-0.3, -0.25) is 4.57 Å². The van der Waals surface area contributed by atoms with Crippen molar-refractivity contribution in [3.8, 4) is 5.69 Å². The zero-order valence-electron chi connectivity index (χ0n) is 9.64. The summed E-state index contributed by atoms with van der Waals surface area (Å²) in [6.45, 7) is 2.05. The van der Waals surface area contributed by atoms with Crippen molar-refractivity contribution < 1.29 is 0 Å². The summed E-state index contributed by atoms with van der Waals surface area (Å²) in [6, 6.07) is 9.88. The third-order valence-corrected chi connectivity index (χ3v) is 3.34. The summed E-state index contributed by atoms with van der Waals surface area (Å²) < 4.78 is 2.55. The molecule has 2 aromatic heterocycles. The van der Waals surface area contributed by atoms with Gasteiger partial charge in [0, 0.05) is 6.20 Å². The normalized spacial score (nSPS) is 11.0. The number of H-pyrrole nitrogens is 1. The van der Waals surface area contributed by atoms with Gasteiger partial charge in [0.05, 0.1) is 16.2 Å². The molecule has 0 unspecified atom stereocenters. The molecule has 5 heteroatoms. The second-order valence-electron chi connectivity index (χ2n) is 4.08. The van der Waals surface area contributed by atoms with Gasteiger partial charge in [-0.05, 0) is 36.8 Å². The summed E-state index contributed by atoms with van der Waals surface area (Å²) in [6.07, 6.45) is 1.63. The average molecular weight is 276 g/mol. The van der Waals surface area contributed by atoms with E-state index in [1.165, 1.54) is 0 Å². The maximum Gasteiger partial charge on any atom is 0.184 e. The molecule has 0 spiro atoms. The molecule has 90 valence electrons. The van der Waals surface area contributed by atoms with Crippen molar-refractivity contribution in [1.82, 2.24) is 14.5 Å². The third kappa shape index (κ3) is 1.74. The Bertz CT molecular complexity index is 788. The third-order valence-electron chi connectivity index (χ3n) is 2.85. The topological polar surface area (TPSA) is 33.6 Å². The number of halogens is 1. The molecule has 0 radical (unpaired) electrons. The molecular weight excluding hydrogens is 266 g/mol. The molecule has 0 bridgehead atoms. The van der Waals surface area contributed by atoms with Gasteiger partial charge in [-0.25, -0.2) is 4.98 Å². The summed E-state index contributed by atoms with van der Waals surface area (Å²) in [5, 5.41) is 0.593. The first-order valence-electron chi connectivity index (χ1n) is 5.49. The fourth-order valence-corrected chi connectivity index (χ4v) is 2.46. The largest absolute Gasteiger partial charge is 0.329 e. The zero-order chi connectivity index (χ0) is 12.7. The molecule has 1 N–H and O–H groups in total. The van der Waals surface area contributed by atoms with Crippen LogP contribution >= 0.6 is 23.8 Å². The lowest BCUT2D eigenvalue weighted by atomic mass is 10.2. The van der Waals surface area contributed by atoms with E-state index in [9.17, 15) is 0 Å². The highest BCUT2D eigenvalue weighted by atomic mass is 35.5. The fraction of sp³-hybridized carbons (Fsp3) is 0.0769.